The Balaban J connectivity index is 2.91. The monoisotopic (exact) mass is 240 g/mol. The molecule has 1 rings (SSSR count). The van der Waals surface area contributed by atoms with Crippen molar-refractivity contribution < 1.29 is 18.7 Å². The minimum atomic E-state index is -1.04. The van der Waals surface area contributed by atoms with E-state index in [9.17, 15) is 14.0 Å². The summed E-state index contributed by atoms with van der Waals surface area (Å²) in [7, 11) is 0. The smallest absolute Gasteiger partial charge is 0.428 e. The molecule has 0 amide bonds. The van der Waals surface area contributed by atoms with Crippen LogP contribution in [0.1, 0.15) is 20.8 Å². The van der Waals surface area contributed by atoms with Gasteiger partial charge in [0.1, 0.15) is 5.60 Å². The minimum absolute atomic E-state index is 0.401. The summed E-state index contributed by atoms with van der Waals surface area (Å²) in [6, 6.07) is 4.92. The van der Waals surface area contributed by atoms with Gasteiger partial charge in [-0.25, -0.2) is 9.18 Å². The summed E-state index contributed by atoms with van der Waals surface area (Å²) in [6.45, 7) is 4.95. The van der Waals surface area contributed by atoms with Crippen molar-refractivity contribution in [1.82, 2.24) is 0 Å². The fourth-order valence-electron chi connectivity index (χ4n) is 0.993. The fourth-order valence-corrected chi connectivity index (χ4v) is 0.993. The van der Waals surface area contributed by atoms with Crippen LogP contribution >= 0.6 is 0 Å². The lowest BCUT2D eigenvalue weighted by molar-refractivity contribution is 0.0204. The molecule has 0 aliphatic carbocycles. The maximum Gasteiger partial charge on any atom is 0.514 e. The van der Waals surface area contributed by atoms with E-state index in [2.05, 4.69) is 4.74 Å². The first-order valence-corrected chi connectivity index (χ1v) is 4.99. The molecule has 1 aromatic carbocycles. The summed E-state index contributed by atoms with van der Waals surface area (Å²) in [5.74, 6) is -1.39. The van der Waals surface area contributed by atoms with Crippen LogP contribution in [-0.4, -0.2) is 11.8 Å². The molecule has 92 valence electrons. The molecular weight excluding hydrogens is 227 g/mol. The van der Waals surface area contributed by atoms with E-state index in [-0.39, 0.29) is 0 Å². The van der Waals surface area contributed by atoms with Crippen LogP contribution in [0.15, 0.2) is 29.1 Å². The third-order valence-electron chi connectivity index (χ3n) is 1.62. The average molecular weight is 240 g/mol. The van der Waals surface area contributed by atoms with Gasteiger partial charge in [0.15, 0.2) is 11.6 Å². The third kappa shape index (κ3) is 4.22. The lowest BCUT2D eigenvalue weighted by Crippen LogP contribution is -2.27. The maximum atomic E-state index is 13.1. The zero-order valence-corrected chi connectivity index (χ0v) is 9.82. The van der Waals surface area contributed by atoms with Gasteiger partial charge in [-0.3, -0.25) is 4.79 Å². The van der Waals surface area contributed by atoms with Crippen LogP contribution < -0.4 is 10.2 Å². The summed E-state index contributed by atoms with van der Waals surface area (Å²) in [5.41, 5.74) is -1.73. The number of ether oxygens (including phenoxy) is 2. The Bertz CT molecular complexity index is 477. The summed E-state index contributed by atoms with van der Waals surface area (Å²) >= 11 is 0. The van der Waals surface area contributed by atoms with Crippen molar-refractivity contribution in [3.8, 4) is 5.75 Å². The first-order valence-electron chi connectivity index (χ1n) is 4.99. The Morgan fingerprint density at radius 2 is 1.82 bits per heavy atom. The molecule has 0 aromatic heterocycles. The molecule has 5 heteroatoms. The second-order valence-corrected chi connectivity index (χ2v) is 4.33. The van der Waals surface area contributed by atoms with Crippen molar-refractivity contribution in [3.63, 3.8) is 0 Å². The zero-order valence-electron chi connectivity index (χ0n) is 9.82. The largest absolute Gasteiger partial charge is 0.514 e. The topological polar surface area (TPSA) is 52.6 Å². The Morgan fingerprint density at radius 1 is 1.24 bits per heavy atom. The van der Waals surface area contributed by atoms with Gasteiger partial charge in [0.05, 0.1) is 0 Å². The van der Waals surface area contributed by atoms with Crippen LogP contribution in [-0.2, 0) is 4.74 Å². The van der Waals surface area contributed by atoms with Gasteiger partial charge in [0.2, 0.25) is 0 Å². The molecule has 0 spiro atoms. The second kappa shape index (κ2) is 4.95. The molecule has 0 N–H and O–H groups in total. The summed E-state index contributed by atoms with van der Waals surface area (Å²) in [5, 5.41) is 0. The first-order chi connectivity index (χ1) is 7.79. The SMILES string of the molecule is CC(C)(C)OC(=O)Oc1ccccc(F)c1=O. The maximum absolute atomic E-state index is 13.1. The van der Waals surface area contributed by atoms with Crippen molar-refractivity contribution in [3.05, 3.63) is 40.3 Å². The number of halogens is 1. The molecule has 0 aliphatic rings. The first kappa shape index (κ1) is 13.2. The quantitative estimate of drug-likeness (QED) is 0.708. The number of carbonyl (C=O) groups excluding carboxylic acids is 1. The highest BCUT2D eigenvalue weighted by atomic mass is 19.1. The van der Waals surface area contributed by atoms with Crippen molar-refractivity contribution in [1.29, 1.82) is 0 Å². The Morgan fingerprint density at radius 3 is 2.41 bits per heavy atom. The number of carbonyl (C=O) groups is 1. The number of rotatable bonds is 1. The third-order valence-corrected chi connectivity index (χ3v) is 1.62. The molecule has 0 fully saturated rings. The summed E-state index contributed by atoms with van der Waals surface area (Å²) in [6.07, 6.45) is -1.04. The fraction of sp³-hybridized carbons (Fsp3) is 0.333. The van der Waals surface area contributed by atoms with Crippen molar-refractivity contribution >= 4 is 6.16 Å². The van der Waals surface area contributed by atoms with Gasteiger partial charge in [-0.05, 0) is 32.9 Å². The molecule has 1 aromatic rings. The number of hydrogen-bond donors (Lipinski definition) is 0. The van der Waals surface area contributed by atoms with Gasteiger partial charge < -0.3 is 9.47 Å². The van der Waals surface area contributed by atoms with Crippen LogP contribution in [0.2, 0.25) is 0 Å². The van der Waals surface area contributed by atoms with E-state index >= 15 is 0 Å². The van der Waals surface area contributed by atoms with Crippen molar-refractivity contribution in [2.45, 2.75) is 26.4 Å². The van der Waals surface area contributed by atoms with E-state index in [1.807, 2.05) is 0 Å². The lowest BCUT2D eigenvalue weighted by atomic mass is 10.2. The molecule has 0 atom stereocenters. The Kier molecular flexibility index (Phi) is 3.83. The van der Waals surface area contributed by atoms with E-state index in [0.29, 0.717) is 0 Å². The van der Waals surface area contributed by atoms with Crippen LogP contribution in [0.4, 0.5) is 9.18 Å². The van der Waals surface area contributed by atoms with Crippen LogP contribution in [0, 0.1) is 5.82 Å². The Hall–Kier alpha value is -1.91. The minimum Gasteiger partial charge on any atom is -0.428 e. The van der Waals surface area contributed by atoms with E-state index in [1.165, 1.54) is 18.2 Å². The lowest BCUT2D eigenvalue weighted by Gasteiger charge is -2.18. The molecule has 0 saturated carbocycles. The summed E-state index contributed by atoms with van der Waals surface area (Å²) < 4.78 is 22.6. The predicted molar refractivity (Wildman–Crippen MR) is 59.5 cm³/mol. The Labute approximate surface area is 98.0 Å². The van der Waals surface area contributed by atoms with Gasteiger partial charge in [-0.1, -0.05) is 12.1 Å². The van der Waals surface area contributed by atoms with Gasteiger partial charge in [-0.15, -0.1) is 0 Å². The highest BCUT2D eigenvalue weighted by Gasteiger charge is 2.19. The molecular formula is C12H13FO4. The van der Waals surface area contributed by atoms with Gasteiger partial charge in [-0.2, -0.15) is 0 Å². The zero-order chi connectivity index (χ0) is 13.1. The molecule has 0 heterocycles. The molecule has 0 unspecified atom stereocenters. The van der Waals surface area contributed by atoms with Crippen LogP contribution in [0.3, 0.4) is 0 Å². The van der Waals surface area contributed by atoms with Gasteiger partial charge in [0.25, 0.3) is 5.43 Å². The van der Waals surface area contributed by atoms with E-state index in [0.717, 1.165) is 6.07 Å². The second-order valence-electron chi connectivity index (χ2n) is 4.33. The van der Waals surface area contributed by atoms with Crippen molar-refractivity contribution in [2.75, 3.05) is 0 Å². The van der Waals surface area contributed by atoms with E-state index in [1.54, 1.807) is 20.8 Å². The normalized spacial score (nSPS) is 10.8. The molecule has 0 bridgehead atoms. The highest BCUT2D eigenvalue weighted by molar-refractivity contribution is 5.64. The average Bonchev–Trinajstić information content (AvgIpc) is 2.30. The summed E-state index contributed by atoms with van der Waals surface area (Å²) in [4.78, 5) is 22.6. The highest BCUT2D eigenvalue weighted by Crippen LogP contribution is 2.10. The predicted octanol–water partition coefficient (Wildman–Crippen LogP) is 2.50. The number of hydrogen-bond acceptors (Lipinski definition) is 4. The molecule has 0 saturated heterocycles. The van der Waals surface area contributed by atoms with Crippen LogP contribution in [0.25, 0.3) is 0 Å². The molecule has 4 nitrogen and oxygen atoms in total. The molecule has 17 heavy (non-hydrogen) atoms. The van der Waals surface area contributed by atoms with E-state index < -0.39 is 28.8 Å². The van der Waals surface area contributed by atoms with Gasteiger partial charge in [0, 0.05) is 0 Å². The van der Waals surface area contributed by atoms with E-state index in [4.69, 9.17) is 4.74 Å². The van der Waals surface area contributed by atoms with Gasteiger partial charge >= 0.3 is 6.16 Å². The van der Waals surface area contributed by atoms with Crippen molar-refractivity contribution in [2.24, 2.45) is 0 Å². The standard InChI is InChI=1S/C12H13FO4/c1-12(2,3)17-11(15)16-9-7-5-4-6-8(13)10(9)14/h4-7H,1-3H3. The van der Waals surface area contributed by atoms with Crippen LogP contribution in [0.5, 0.6) is 5.75 Å². The molecule has 0 radical (unpaired) electrons. The molecule has 0 aliphatic heterocycles.